The highest BCUT2D eigenvalue weighted by Gasteiger charge is 2.17. The molecule has 6 heteroatoms. The number of aromatic nitrogens is 1. The number of para-hydroxylation sites is 1. The van der Waals surface area contributed by atoms with Gasteiger partial charge in [-0.15, -0.1) is 11.3 Å². The van der Waals surface area contributed by atoms with E-state index in [1.165, 1.54) is 12.1 Å². The second-order valence-corrected chi connectivity index (χ2v) is 8.00. The fraction of sp³-hybridized carbons (Fsp3) is 0.273. The van der Waals surface area contributed by atoms with Crippen molar-refractivity contribution < 1.29 is 9.18 Å². The molecule has 0 radical (unpaired) electrons. The van der Waals surface area contributed by atoms with Crippen molar-refractivity contribution in [2.75, 3.05) is 26.2 Å². The molecule has 0 spiro atoms. The van der Waals surface area contributed by atoms with E-state index in [1.807, 2.05) is 47.4 Å². The summed E-state index contributed by atoms with van der Waals surface area (Å²) in [4.78, 5) is 21.4. The lowest BCUT2D eigenvalue weighted by Gasteiger charge is -2.21. The van der Waals surface area contributed by atoms with E-state index < -0.39 is 0 Å². The average Bonchev–Trinajstić information content (AvgIpc) is 2.98. The Bertz CT molecular complexity index is 950. The summed E-state index contributed by atoms with van der Waals surface area (Å²) in [5.74, 6) is -0.181. The number of carbonyl (C=O) groups excluding carboxylic acids is 1. The first-order chi connectivity index (χ1) is 13.7. The standard InChI is InChI=1S/C22H22FN3OS/c23-18-8-6-17(7-9-18)16-25-12-3-13-26(15-14-25)22(27)11-10-21-24-19-4-1-2-5-20(19)28-21/h1-2,4-11H,3,12-16H2/b11-10+. The van der Waals surface area contributed by atoms with Crippen LogP contribution in [0.2, 0.25) is 0 Å². The van der Waals surface area contributed by atoms with E-state index in [4.69, 9.17) is 0 Å². The first-order valence-corrected chi connectivity index (χ1v) is 10.3. The zero-order chi connectivity index (χ0) is 19.3. The number of thiazole rings is 1. The molecule has 0 bridgehead atoms. The van der Waals surface area contributed by atoms with Crippen LogP contribution in [0.15, 0.2) is 54.6 Å². The van der Waals surface area contributed by atoms with Crippen LogP contribution in [-0.2, 0) is 11.3 Å². The molecule has 0 N–H and O–H groups in total. The van der Waals surface area contributed by atoms with Gasteiger partial charge in [0.1, 0.15) is 10.8 Å². The van der Waals surface area contributed by atoms with Crippen LogP contribution in [-0.4, -0.2) is 46.9 Å². The monoisotopic (exact) mass is 395 g/mol. The molecule has 0 aliphatic carbocycles. The number of hydrogen-bond acceptors (Lipinski definition) is 4. The fourth-order valence-electron chi connectivity index (χ4n) is 3.41. The van der Waals surface area contributed by atoms with Gasteiger partial charge in [0, 0.05) is 38.8 Å². The minimum absolute atomic E-state index is 0.0305. The summed E-state index contributed by atoms with van der Waals surface area (Å²) in [6, 6.07) is 14.6. The van der Waals surface area contributed by atoms with Crippen molar-refractivity contribution in [1.29, 1.82) is 0 Å². The zero-order valence-corrected chi connectivity index (χ0v) is 16.4. The van der Waals surface area contributed by atoms with Crippen LogP contribution in [0.3, 0.4) is 0 Å². The van der Waals surface area contributed by atoms with Crippen LogP contribution < -0.4 is 0 Å². The summed E-state index contributed by atoms with van der Waals surface area (Å²) in [7, 11) is 0. The molecule has 2 heterocycles. The summed E-state index contributed by atoms with van der Waals surface area (Å²) in [6.07, 6.45) is 4.38. The van der Waals surface area contributed by atoms with Gasteiger partial charge in [-0.25, -0.2) is 9.37 Å². The van der Waals surface area contributed by atoms with E-state index in [0.29, 0.717) is 6.54 Å². The molecule has 1 saturated heterocycles. The SMILES string of the molecule is O=C(/C=C/c1nc2ccccc2s1)N1CCCN(Cc2ccc(F)cc2)CC1. The Kier molecular flexibility index (Phi) is 5.78. The number of carbonyl (C=O) groups is 1. The van der Waals surface area contributed by atoms with Gasteiger partial charge in [0.25, 0.3) is 0 Å². The number of rotatable bonds is 4. The third-order valence-electron chi connectivity index (χ3n) is 4.90. The van der Waals surface area contributed by atoms with E-state index in [2.05, 4.69) is 9.88 Å². The highest BCUT2D eigenvalue weighted by atomic mass is 32.1. The molecule has 0 atom stereocenters. The van der Waals surface area contributed by atoms with Gasteiger partial charge >= 0.3 is 0 Å². The number of benzene rings is 2. The van der Waals surface area contributed by atoms with Gasteiger partial charge in [-0.2, -0.15) is 0 Å². The summed E-state index contributed by atoms with van der Waals surface area (Å²) in [5, 5.41) is 0.849. The zero-order valence-electron chi connectivity index (χ0n) is 15.6. The van der Waals surface area contributed by atoms with Crippen molar-refractivity contribution >= 4 is 33.5 Å². The van der Waals surface area contributed by atoms with Gasteiger partial charge in [0.15, 0.2) is 0 Å². The molecule has 1 amide bonds. The molecule has 0 saturated carbocycles. The van der Waals surface area contributed by atoms with Crippen LogP contribution in [0, 0.1) is 5.82 Å². The van der Waals surface area contributed by atoms with Crippen LogP contribution >= 0.6 is 11.3 Å². The molecule has 4 rings (SSSR count). The maximum atomic E-state index is 13.1. The molecule has 4 nitrogen and oxygen atoms in total. The molecule has 0 unspecified atom stereocenters. The molecular formula is C22H22FN3OS. The normalized spacial score (nSPS) is 16.0. The Balaban J connectivity index is 1.34. The molecule has 1 aliphatic rings. The minimum Gasteiger partial charge on any atom is -0.338 e. The summed E-state index contributed by atoms with van der Waals surface area (Å²) < 4.78 is 14.2. The van der Waals surface area contributed by atoms with E-state index >= 15 is 0 Å². The molecule has 3 aromatic rings. The number of amides is 1. The average molecular weight is 396 g/mol. The summed E-state index contributed by atoms with van der Waals surface area (Å²) in [6.45, 7) is 3.98. The van der Waals surface area contributed by atoms with E-state index in [1.54, 1.807) is 17.4 Å². The van der Waals surface area contributed by atoms with Crippen LogP contribution in [0.5, 0.6) is 0 Å². The molecule has 28 heavy (non-hydrogen) atoms. The van der Waals surface area contributed by atoms with E-state index in [9.17, 15) is 9.18 Å². The van der Waals surface area contributed by atoms with Gasteiger partial charge in [-0.3, -0.25) is 9.69 Å². The second kappa shape index (κ2) is 8.63. The Labute approximate surface area is 167 Å². The van der Waals surface area contributed by atoms with E-state index in [0.717, 1.165) is 53.4 Å². The van der Waals surface area contributed by atoms with Gasteiger partial charge in [0.2, 0.25) is 5.91 Å². The topological polar surface area (TPSA) is 36.4 Å². The predicted octanol–water partition coefficient (Wildman–Crippen LogP) is 4.18. The van der Waals surface area contributed by atoms with Crippen molar-refractivity contribution in [3.05, 3.63) is 71.0 Å². The Morgan fingerprint density at radius 3 is 2.71 bits per heavy atom. The highest BCUT2D eigenvalue weighted by molar-refractivity contribution is 7.19. The second-order valence-electron chi connectivity index (χ2n) is 6.93. The lowest BCUT2D eigenvalue weighted by molar-refractivity contribution is -0.125. The molecule has 1 fully saturated rings. The summed E-state index contributed by atoms with van der Waals surface area (Å²) >= 11 is 1.59. The molecule has 1 aromatic heterocycles. The molecule has 144 valence electrons. The van der Waals surface area contributed by atoms with Crippen molar-refractivity contribution in [2.45, 2.75) is 13.0 Å². The quantitative estimate of drug-likeness (QED) is 0.622. The molecular weight excluding hydrogens is 373 g/mol. The van der Waals surface area contributed by atoms with Crippen LogP contribution in [0.1, 0.15) is 17.0 Å². The lowest BCUT2D eigenvalue weighted by Crippen LogP contribution is -2.34. The Morgan fingerprint density at radius 2 is 1.89 bits per heavy atom. The maximum absolute atomic E-state index is 13.1. The van der Waals surface area contributed by atoms with Crippen molar-refractivity contribution in [2.24, 2.45) is 0 Å². The number of fused-ring (bicyclic) bond motifs is 1. The van der Waals surface area contributed by atoms with Gasteiger partial charge < -0.3 is 4.90 Å². The minimum atomic E-state index is -0.212. The van der Waals surface area contributed by atoms with E-state index in [-0.39, 0.29) is 11.7 Å². The maximum Gasteiger partial charge on any atom is 0.246 e. The highest BCUT2D eigenvalue weighted by Crippen LogP contribution is 2.22. The van der Waals surface area contributed by atoms with Gasteiger partial charge in [0.05, 0.1) is 10.2 Å². The lowest BCUT2D eigenvalue weighted by atomic mass is 10.2. The van der Waals surface area contributed by atoms with Gasteiger partial charge in [-0.05, 0) is 42.3 Å². The van der Waals surface area contributed by atoms with Crippen molar-refractivity contribution in [3.63, 3.8) is 0 Å². The third-order valence-corrected chi connectivity index (χ3v) is 5.90. The number of halogens is 1. The number of hydrogen-bond donors (Lipinski definition) is 0. The van der Waals surface area contributed by atoms with Crippen LogP contribution in [0.25, 0.3) is 16.3 Å². The predicted molar refractivity (Wildman–Crippen MR) is 112 cm³/mol. The third kappa shape index (κ3) is 4.64. The first-order valence-electron chi connectivity index (χ1n) is 9.47. The smallest absolute Gasteiger partial charge is 0.246 e. The molecule has 1 aliphatic heterocycles. The largest absolute Gasteiger partial charge is 0.338 e. The Hall–Kier alpha value is -2.57. The van der Waals surface area contributed by atoms with Gasteiger partial charge in [-0.1, -0.05) is 24.3 Å². The Morgan fingerprint density at radius 1 is 1.07 bits per heavy atom. The van der Waals surface area contributed by atoms with Crippen molar-refractivity contribution in [1.82, 2.24) is 14.8 Å². The molecule has 2 aromatic carbocycles. The van der Waals surface area contributed by atoms with Crippen molar-refractivity contribution in [3.8, 4) is 0 Å². The van der Waals surface area contributed by atoms with Crippen LogP contribution in [0.4, 0.5) is 4.39 Å². The summed E-state index contributed by atoms with van der Waals surface area (Å²) in [5.41, 5.74) is 2.06. The fourth-order valence-corrected chi connectivity index (χ4v) is 4.28. The number of nitrogens with zero attached hydrogens (tertiary/aromatic N) is 3. The first kappa shape index (κ1) is 18.8.